The van der Waals surface area contributed by atoms with Crippen LogP contribution in [0.1, 0.15) is 10.4 Å². The van der Waals surface area contributed by atoms with Gasteiger partial charge >= 0.3 is 0 Å². The summed E-state index contributed by atoms with van der Waals surface area (Å²) >= 11 is 5.92. The second kappa shape index (κ2) is 2.78. The lowest BCUT2D eigenvalue weighted by molar-refractivity contribution is 0.100. The number of halogens is 1. The van der Waals surface area contributed by atoms with E-state index in [1.54, 1.807) is 12.3 Å². The highest BCUT2D eigenvalue weighted by atomic mass is 35.5. The molecule has 1 amide bonds. The van der Waals surface area contributed by atoms with Gasteiger partial charge in [-0.05, 0) is 12.1 Å². The highest BCUT2D eigenvalue weighted by Crippen LogP contribution is 2.25. The third kappa shape index (κ3) is 1.17. The number of hydrogen-bond acceptors (Lipinski definition) is 1. The van der Waals surface area contributed by atoms with E-state index in [1.807, 2.05) is 12.1 Å². The van der Waals surface area contributed by atoms with Gasteiger partial charge in [-0.1, -0.05) is 17.7 Å². The van der Waals surface area contributed by atoms with Crippen LogP contribution < -0.4 is 5.73 Å². The van der Waals surface area contributed by atoms with Gasteiger partial charge in [0.25, 0.3) is 5.91 Å². The van der Waals surface area contributed by atoms with E-state index >= 15 is 0 Å². The Kier molecular flexibility index (Phi) is 1.74. The summed E-state index contributed by atoms with van der Waals surface area (Å²) in [5, 5.41) is 1.23. The Hall–Kier alpha value is -1.48. The summed E-state index contributed by atoms with van der Waals surface area (Å²) < 4.78 is 0. The highest BCUT2D eigenvalue weighted by molar-refractivity contribution is 6.36. The number of amides is 1. The number of rotatable bonds is 1. The molecular formula is C9H7ClN2O. The van der Waals surface area contributed by atoms with Gasteiger partial charge in [0.15, 0.2) is 0 Å². The number of hydrogen-bond donors (Lipinski definition) is 2. The minimum Gasteiger partial charge on any atom is -0.366 e. The fraction of sp³-hybridized carbons (Fsp3) is 0. The number of nitrogens with one attached hydrogen (secondary N) is 1. The average Bonchev–Trinajstić information content (AvgIpc) is 2.49. The summed E-state index contributed by atoms with van der Waals surface area (Å²) in [5.41, 5.74) is 6.43. The second-order valence-corrected chi connectivity index (χ2v) is 3.14. The van der Waals surface area contributed by atoms with E-state index in [0.717, 1.165) is 5.52 Å². The first-order valence-corrected chi connectivity index (χ1v) is 4.13. The number of fused-ring (bicyclic) bond motifs is 1. The molecule has 13 heavy (non-hydrogen) atoms. The molecule has 3 N–H and O–H groups in total. The molecular weight excluding hydrogens is 188 g/mol. The topological polar surface area (TPSA) is 58.9 Å². The Morgan fingerprint density at radius 3 is 2.92 bits per heavy atom. The maximum Gasteiger partial charge on any atom is 0.250 e. The maximum absolute atomic E-state index is 11.0. The van der Waals surface area contributed by atoms with Crippen molar-refractivity contribution in [2.45, 2.75) is 0 Å². The Labute approximate surface area is 79.5 Å². The molecule has 0 spiro atoms. The van der Waals surface area contributed by atoms with E-state index < -0.39 is 5.91 Å². The van der Waals surface area contributed by atoms with Crippen LogP contribution in [0, 0.1) is 0 Å². The molecule has 0 saturated heterocycles. The molecule has 0 aliphatic heterocycles. The normalized spacial score (nSPS) is 10.5. The van der Waals surface area contributed by atoms with Crippen molar-refractivity contribution in [1.29, 1.82) is 0 Å². The van der Waals surface area contributed by atoms with Gasteiger partial charge < -0.3 is 10.7 Å². The highest BCUT2D eigenvalue weighted by Gasteiger charge is 2.10. The van der Waals surface area contributed by atoms with Crippen LogP contribution in [0.5, 0.6) is 0 Å². The lowest BCUT2D eigenvalue weighted by Gasteiger charge is -1.95. The van der Waals surface area contributed by atoms with Gasteiger partial charge in [0, 0.05) is 17.1 Å². The number of aromatic amines is 1. The standard InChI is InChI=1S/C9H7ClN2O/c10-6-2-1-3-7-8(6)5(4-12-7)9(11)13/h1-4,12H,(H2,11,13). The van der Waals surface area contributed by atoms with Crippen LogP contribution in [-0.4, -0.2) is 10.9 Å². The molecule has 0 saturated carbocycles. The van der Waals surface area contributed by atoms with Gasteiger partial charge in [0.1, 0.15) is 0 Å². The van der Waals surface area contributed by atoms with Crippen LogP contribution in [0.15, 0.2) is 24.4 Å². The Bertz CT molecular complexity index is 475. The van der Waals surface area contributed by atoms with Crippen molar-refractivity contribution in [1.82, 2.24) is 4.98 Å². The Balaban J connectivity index is 2.86. The van der Waals surface area contributed by atoms with Crippen molar-refractivity contribution in [2.75, 3.05) is 0 Å². The van der Waals surface area contributed by atoms with Gasteiger partial charge in [-0.25, -0.2) is 0 Å². The Morgan fingerprint density at radius 1 is 1.46 bits per heavy atom. The van der Waals surface area contributed by atoms with Crippen LogP contribution in [0.3, 0.4) is 0 Å². The minimum absolute atomic E-state index is 0.431. The zero-order chi connectivity index (χ0) is 9.42. The first-order valence-electron chi connectivity index (χ1n) is 3.75. The minimum atomic E-state index is -0.473. The monoisotopic (exact) mass is 194 g/mol. The van der Waals surface area contributed by atoms with Crippen molar-refractivity contribution in [3.8, 4) is 0 Å². The van der Waals surface area contributed by atoms with Crippen LogP contribution in [-0.2, 0) is 0 Å². The Morgan fingerprint density at radius 2 is 2.23 bits per heavy atom. The van der Waals surface area contributed by atoms with E-state index in [1.165, 1.54) is 0 Å². The zero-order valence-electron chi connectivity index (χ0n) is 6.67. The third-order valence-electron chi connectivity index (χ3n) is 1.92. The van der Waals surface area contributed by atoms with E-state index in [4.69, 9.17) is 17.3 Å². The number of H-pyrrole nitrogens is 1. The molecule has 2 rings (SSSR count). The molecule has 3 nitrogen and oxygen atoms in total. The van der Waals surface area contributed by atoms with Gasteiger partial charge in [0.2, 0.25) is 0 Å². The maximum atomic E-state index is 11.0. The lowest BCUT2D eigenvalue weighted by Crippen LogP contribution is -2.09. The average molecular weight is 195 g/mol. The molecule has 0 atom stereocenters. The second-order valence-electron chi connectivity index (χ2n) is 2.73. The van der Waals surface area contributed by atoms with Crippen molar-refractivity contribution in [3.63, 3.8) is 0 Å². The number of carbonyl (C=O) groups is 1. The molecule has 0 aliphatic carbocycles. The summed E-state index contributed by atoms with van der Waals surface area (Å²) in [6.07, 6.45) is 1.57. The smallest absolute Gasteiger partial charge is 0.250 e. The predicted molar refractivity (Wildman–Crippen MR) is 51.8 cm³/mol. The van der Waals surface area contributed by atoms with Gasteiger partial charge in [0.05, 0.1) is 10.6 Å². The van der Waals surface area contributed by atoms with Crippen molar-refractivity contribution in [3.05, 3.63) is 35.0 Å². The summed E-state index contributed by atoms with van der Waals surface area (Å²) in [6, 6.07) is 5.38. The SMILES string of the molecule is NC(=O)c1c[nH]c2cccc(Cl)c12. The molecule has 0 bridgehead atoms. The van der Waals surface area contributed by atoms with Gasteiger partial charge in [-0.15, -0.1) is 0 Å². The fourth-order valence-corrected chi connectivity index (χ4v) is 1.61. The molecule has 4 heteroatoms. The molecule has 0 unspecified atom stereocenters. The van der Waals surface area contributed by atoms with Crippen LogP contribution in [0.4, 0.5) is 0 Å². The molecule has 1 aromatic heterocycles. The molecule has 1 aromatic carbocycles. The van der Waals surface area contributed by atoms with Crippen molar-refractivity contribution >= 4 is 28.4 Å². The number of primary amides is 1. The summed E-state index contributed by atoms with van der Waals surface area (Å²) in [4.78, 5) is 13.9. The first kappa shape index (κ1) is 8.13. The number of aromatic nitrogens is 1. The zero-order valence-corrected chi connectivity index (χ0v) is 7.43. The fourth-order valence-electron chi connectivity index (χ4n) is 1.33. The third-order valence-corrected chi connectivity index (χ3v) is 2.24. The molecule has 2 aromatic rings. The summed E-state index contributed by atoms with van der Waals surface area (Å²) in [6.45, 7) is 0. The van der Waals surface area contributed by atoms with Gasteiger partial charge in [-0.3, -0.25) is 4.79 Å². The van der Waals surface area contributed by atoms with Crippen molar-refractivity contribution in [2.24, 2.45) is 5.73 Å². The molecule has 0 radical (unpaired) electrons. The molecule has 0 aliphatic rings. The molecule has 1 heterocycles. The van der Waals surface area contributed by atoms with Crippen LogP contribution in [0.25, 0.3) is 10.9 Å². The quantitative estimate of drug-likeness (QED) is 0.716. The number of benzene rings is 1. The first-order chi connectivity index (χ1) is 6.20. The van der Waals surface area contributed by atoms with E-state index in [2.05, 4.69) is 4.98 Å². The van der Waals surface area contributed by atoms with E-state index in [-0.39, 0.29) is 0 Å². The molecule has 0 fully saturated rings. The van der Waals surface area contributed by atoms with Gasteiger partial charge in [-0.2, -0.15) is 0 Å². The molecule has 66 valence electrons. The predicted octanol–water partition coefficient (Wildman–Crippen LogP) is 1.92. The number of carbonyl (C=O) groups excluding carboxylic acids is 1. The lowest BCUT2D eigenvalue weighted by atomic mass is 10.2. The van der Waals surface area contributed by atoms with Crippen molar-refractivity contribution < 1.29 is 4.79 Å². The van der Waals surface area contributed by atoms with E-state index in [9.17, 15) is 4.79 Å². The summed E-state index contributed by atoms with van der Waals surface area (Å²) in [7, 11) is 0. The summed E-state index contributed by atoms with van der Waals surface area (Å²) in [5.74, 6) is -0.473. The number of nitrogens with two attached hydrogens (primary N) is 1. The van der Waals surface area contributed by atoms with E-state index in [0.29, 0.717) is 16.0 Å². The largest absolute Gasteiger partial charge is 0.366 e. The van der Waals surface area contributed by atoms with Crippen LogP contribution >= 0.6 is 11.6 Å². The van der Waals surface area contributed by atoms with Crippen LogP contribution in [0.2, 0.25) is 5.02 Å².